The number of phenols is 3. The summed E-state index contributed by atoms with van der Waals surface area (Å²) in [5.41, 5.74) is -1.34. The van der Waals surface area contributed by atoms with E-state index in [0.717, 1.165) is 0 Å². The van der Waals surface area contributed by atoms with Crippen molar-refractivity contribution in [2.75, 3.05) is 0 Å². The SMILES string of the molecule is CC(=O)C12Cc3c(O)c4c(c(O)c3CC1O2)C(=O)c1c(O)cccc1C4=O. The summed E-state index contributed by atoms with van der Waals surface area (Å²) in [6, 6.07) is 4.09. The van der Waals surface area contributed by atoms with E-state index in [-0.39, 0.29) is 52.2 Å². The molecule has 2 atom stereocenters. The van der Waals surface area contributed by atoms with Crippen LogP contribution in [-0.4, -0.2) is 44.4 Å². The molecule has 2 unspecified atom stereocenters. The molecular weight excluding hydrogens is 352 g/mol. The molecule has 0 spiro atoms. The Hall–Kier alpha value is -3.19. The van der Waals surface area contributed by atoms with E-state index >= 15 is 0 Å². The number of carbonyl (C=O) groups is 3. The molecule has 0 aromatic heterocycles. The highest BCUT2D eigenvalue weighted by atomic mass is 16.6. The number of fused-ring (bicyclic) bond motifs is 4. The highest BCUT2D eigenvalue weighted by Gasteiger charge is 2.63. The van der Waals surface area contributed by atoms with E-state index in [1.807, 2.05) is 0 Å². The fraction of sp³-hybridized carbons (Fsp3) is 0.250. The van der Waals surface area contributed by atoms with Crippen LogP contribution in [0.25, 0.3) is 0 Å². The van der Waals surface area contributed by atoms with Gasteiger partial charge in [-0.15, -0.1) is 0 Å². The zero-order valence-corrected chi connectivity index (χ0v) is 14.2. The lowest BCUT2D eigenvalue weighted by molar-refractivity contribution is -0.122. The average Bonchev–Trinajstić information content (AvgIpc) is 3.36. The molecule has 2 aromatic rings. The number of benzene rings is 2. The Morgan fingerprint density at radius 1 is 1.04 bits per heavy atom. The van der Waals surface area contributed by atoms with Crippen molar-refractivity contribution >= 4 is 17.3 Å². The molecule has 136 valence electrons. The number of carbonyl (C=O) groups excluding carboxylic acids is 3. The summed E-state index contributed by atoms with van der Waals surface area (Å²) < 4.78 is 5.54. The maximum Gasteiger partial charge on any atom is 0.202 e. The van der Waals surface area contributed by atoms with Crippen molar-refractivity contribution in [3.8, 4) is 17.2 Å². The standard InChI is InChI=1S/C20H14O7/c1-7(21)20-6-10-9(5-12(20)27-20)17(24)15-14(18(10)25)16(23)8-3-2-4-11(22)13(8)19(15)26/h2-4,12,22,24-25H,5-6H2,1H3. The highest BCUT2D eigenvalue weighted by Crippen LogP contribution is 2.54. The first-order chi connectivity index (χ1) is 12.8. The van der Waals surface area contributed by atoms with Crippen molar-refractivity contribution < 1.29 is 34.4 Å². The number of ether oxygens (including phenoxy) is 1. The molecule has 0 radical (unpaired) electrons. The quantitative estimate of drug-likeness (QED) is 0.439. The highest BCUT2D eigenvalue weighted by molar-refractivity contribution is 6.31. The number of hydrogen-bond donors (Lipinski definition) is 3. The molecule has 0 saturated carbocycles. The van der Waals surface area contributed by atoms with E-state index in [1.54, 1.807) is 0 Å². The molecule has 27 heavy (non-hydrogen) atoms. The zero-order chi connectivity index (χ0) is 19.2. The van der Waals surface area contributed by atoms with Crippen LogP contribution in [0.3, 0.4) is 0 Å². The Balaban J connectivity index is 1.79. The average molecular weight is 366 g/mol. The molecule has 5 rings (SSSR count). The van der Waals surface area contributed by atoms with E-state index in [9.17, 15) is 29.7 Å². The third-order valence-corrected chi connectivity index (χ3v) is 5.87. The molecule has 3 N–H and O–H groups in total. The second-order valence-corrected chi connectivity index (χ2v) is 7.20. The van der Waals surface area contributed by atoms with E-state index in [2.05, 4.69) is 0 Å². The van der Waals surface area contributed by atoms with Crippen LogP contribution in [0.2, 0.25) is 0 Å². The van der Waals surface area contributed by atoms with Gasteiger partial charge in [0, 0.05) is 29.5 Å². The van der Waals surface area contributed by atoms with Gasteiger partial charge in [-0.05, 0) is 13.0 Å². The summed E-state index contributed by atoms with van der Waals surface area (Å²) in [6.45, 7) is 1.40. The fourth-order valence-electron chi connectivity index (χ4n) is 4.37. The van der Waals surface area contributed by atoms with Gasteiger partial charge >= 0.3 is 0 Å². The first-order valence-corrected chi connectivity index (χ1v) is 8.47. The monoisotopic (exact) mass is 366 g/mol. The summed E-state index contributed by atoms with van der Waals surface area (Å²) in [7, 11) is 0. The molecule has 3 aliphatic rings. The lowest BCUT2D eigenvalue weighted by Crippen LogP contribution is -2.33. The van der Waals surface area contributed by atoms with Crippen molar-refractivity contribution in [3.05, 3.63) is 51.6 Å². The van der Waals surface area contributed by atoms with Crippen molar-refractivity contribution in [1.82, 2.24) is 0 Å². The Bertz CT molecular complexity index is 1110. The Labute approximate surface area is 152 Å². The fourth-order valence-corrected chi connectivity index (χ4v) is 4.37. The number of epoxide rings is 1. The molecule has 1 saturated heterocycles. The molecule has 7 nitrogen and oxygen atoms in total. The van der Waals surface area contributed by atoms with Gasteiger partial charge in [0.25, 0.3) is 0 Å². The van der Waals surface area contributed by atoms with Gasteiger partial charge in [-0.1, -0.05) is 12.1 Å². The van der Waals surface area contributed by atoms with Crippen LogP contribution in [0.1, 0.15) is 49.9 Å². The molecule has 1 aliphatic heterocycles. The second-order valence-electron chi connectivity index (χ2n) is 7.20. The predicted molar refractivity (Wildman–Crippen MR) is 90.4 cm³/mol. The summed E-state index contributed by atoms with van der Waals surface area (Å²) in [5, 5.41) is 31.6. The first kappa shape index (κ1) is 16.0. The molecule has 0 bridgehead atoms. The van der Waals surface area contributed by atoms with Crippen molar-refractivity contribution in [1.29, 1.82) is 0 Å². The van der Waals surface area contributed by atoms with Crippen molar-refractivity contribution in [3.63, 3.8) is 0 Å². The van der Waals surface area contributed by atoms with E-state index in [4.69, 9.17) is 4.74 Å². The van der Waals surface area contributed by atoms with Crippen LogP contribution in [0.15, 0.2) is 18.2 Å². The minimum atomic E-state index is -1.04. The minimum absolute atomic E-state index is 0.0311. The summed E-state index contributed by atoms with van der Waals surface area (Å²) in [6.07, 6.45) is -0.249. The van der Waals surface area contributed by atoms with Crippen molar-refractivity contribution in [2.24, 2.45) is 0 Å². The maximum atomic E-state index is 12.9. The van der Waals surface area contributed by atoms with E-state index in [0.29, 0.717) is 5.56 Å². The molecule has 1 heterocycles. The van der Waals surface area contributed by atoms with Gasteiger partial charge < -0.3 is 20.1 Å². The summed E-state index contributed by atoms with van der Waals surface area (Å²) in [5.74, 6) is -2.77. The Morgan fingerprint density at radius 2 is 1.70 bits per heavy atom. The lowest BCUT2D eigenvalue weighted by Gasteiger charge is -2.27. The van der Waals surface area contributed by atoms with Gasteiger partial charge in [0.2, 0.25) is 5.78 Å². The van der Waals surface area contributed by atoms with Gasteiger partial charge in [0.05, 0.1) is 22.8 Å². The molecule has 7 heteroatoms. The molecule has 2 aromatic carbocycles. The van der Waals surface area contributed by atoms with Crippen molar-refractivity contribution in [2.45, 2.75) is 31.5 Å². The van der Waals surface area contributed by atoms with Gasteiger partial charge in [0.15, 0.2) is 17.2 Å². The molecular formula is C20H14O7. The van der Waals surface area contributed by atoms with Crippen LogP contribution in [-0.2, 0) is 22.4 Å². The Morgan fingerprint density at radius 3 is 2.41 bits per heavy atom. The second kappa shape index (κ2) is 4.75. The topological polar surface area (TPSA) is 124 Å². The number of rotatable bonds is 1. The summed E-state index contributed by atoms with van der Waals surface area (Å²) >= 11 is 0. The third-order valence-electron chi connectivity index (χ3n) is 5.87. The largest absolute Gasteiger partial charge is 0.507 e. The first-order valence-electron chi connectivity index (χ1n) is 8.47. The van der Waals surface area contributed by atoms with Gasteiger partial charge in [0.1, 0.15) is 17.2 Å². The van der Waals surface area contributed by atoms with Crippen LogP contribution in [0.4, 0.5) is 0 Å². The lowest BCUT2D eigenvalue weighted by atomic mass is 9.75. The number of aromatic hydroxyl groups is 3. The zero-order valence-electron chi connectivity index (χ0n) is 14.2. The van der Waals surface area contributed by atoms with E-state index < -0.39 is 34.8 Å². The summed E-state index contributed by atoms with van der Waals surface area (Å²) in [4.78, 5) is 37.8. The van der Waals surface area contributed by atoms with E-state index in [1.165, 1.54) is 25.1 Å². The van der Waals surface area contributed by atoms with Crippen LogP contribution in [0.5, 0.6) is 17.2 Å². The molecule has 0 amide bonds. The van der Waals surface area contributed by atoms with Gasteiger partial charge in [-0.2, -0.15) is 0 Å². The normalized spacial score (nSPS) is 24.6. The predicted octanol–water partition coefficient (Wildman–Crippen LogP) is 1.40. The molecule has 1 fully saturated rings. The van der Waals surface area contributed by atoms with Crippen LogP contribution >= 0.6 is 0 Å². The number of Topliss-reactive ketones (excluding diaryl/α,β-unsaturated/α-hetero) is 1. The van der Waals surface area contributed by atoms with Crippen LogP contribution < -0.4 is 0 Å². The van der Waals surface area contributed by atoms with Gasteiger partial charge in [-0.3, -0.25) is 14.4 Å². The Kier molecular flexibility index (Phi) is 2.82. The number of phenolic OH excluding ortho intramolecular Hbond substituents is 3. The van der Waals surface area contributed by atoms with Crippen LogP contribution in [0, 0.1) is 0 Å². The third kappa shape index (κ3) is 1.77. The number of ketones is 3. The van der Waals surface area contributed by atoms with Gasteiger partial charge in [-0.25, -0.2) is 0 Å². The number of hydrogen-bond acceptors (Lipinski definition) is 7. The smallest absolute Gasteiger partial charge is 0.202 e. The maximum absolute atomic E-state index is 12.9. The molecule has 2 aliphatic carbocycles. The minimum Gasteiger partial charge on any atom is -0.507 e.